The van der Waals surface area contributed by atoms with Gasteiger partial charge in [-0.2, -0.15) is 0 Å². The lowest BCUT2D eigenvalue weighted by Gasteiger charge is -2.17. The minimum atomic E-state index is -0.377. The summed E-state index contributed by atoms with van der Waals surface area (Å²) in [6.07, 6.45) is 4.61. The van der Waals surface area contributed by atoms with Gasteiger partial charge in [-0.05, 0) is 25.0 Å². The fraction of sp³-hybridized carbons (Fsp3) is 0.538. The zero-order valence-corrected chi connectivity index (χ0v) is 10.5. The van der Waals surface area contributed by atoms with Gasteiger partial charge in [-0.3, -0.25) is 10.1 Å². The topological polar surface area (TPSA) is 55.2 Å². The van der Waals surface area contributed by atoms with Crippen LogP contribution >= 0.6 is 0 Å². The van der Waals surface area contributed by atoms with Crippen molar-refractivity contribution in [1.29, 1.82) is 0 Å². The largest absolute Gasteiger partial charge is 0.382 e. The van der Waals surface area contributed by atoms with Crippen molar-refractivity contribution in [2.24, 2.45) is 0 Å². The van der Waals surface area contributed by atoms with Crippen molar-refractivity contribution in [2.45, 2.75) is 45.6 Å². The van der Waals surface area contributed by atoms with E-state index < -0.39 is 0 Å². The Morgan fingerprint density at radius 3 is 2.41 bits per heavy atom. The Morgan fingerprint density at radius 2 is 1.94 bits per heavy atom. The number of hydrogen-bond donors (Lipinski definition) is 1. The highest BCUT2D eigenvalue weighted by molar-refractivity contribution is 5.49. The molecule has 1 rings (SSSR count). The molecule has 0 amide bonds. The Hall–Kier alpha value is -1.58. The van der Waals surface area contributed by atoms with Gasteiger partial charge in [0.2, 0.25) is 0 Å². The number of nitro benzene ring substituents is 1. The van der Waals surface area contributed by atoms with Crippen LogP contribution in [-0.2, 0) is 0 Å². The fourth-order valence-corrected chi connectivity index (χ4v) is 1.74. The van der Waals surface area contributed by atoms with E-state index in [9.17, 15) is 10.1 Å². The quantitative estimate of drug-likeness (QED) is 0.575. The SMILES string of the molecule is CCCCC(CC)Nc1ccc([N+](=O)[O-])cc1. The third-order valence-corrected chi connectivity index (χ3v) is 2.85. The minimum absolute atomic E-state index is 0.136. The number of nitrogens with zero attached hydrogens (tertiary/aromatic N) is 1. The molecule has 1 unspecified atom stereocenters. The molecule has 4 nitrogen and oxygen atoms in total. The smallest absolute Gasteiger partial charge is 0.269 e. The van der Waals surface area contributed by atoms with Crippen LogP contribution in [0.1, 0.15) is 39.5 Å². The first-order valence-corrected chi connectivity index (χ1v) is 6.18. The van der Waals surface area contributed by atoms with E-state index in [2.05, 4.69) is 19.2 Å². The second-order valence-electron chi connectivity index (χ2n) is 4.20. The Balaban J connectivity index is 2.57. The maximum absolute atomic E-state index is 10.5. The Morgan fingerprint density at radius 1 is 1.29 bits per heavy atom. The van der Waals surface area contributed by atoms with Crippen molar-refractivity contribution in [3.05, 3.63) is 34.4 Å². The molecule has 4 heteroatoms. The fourth-order valence-electron chi connectivity index (χ4n) is 1.74. The highest BCUT2D eigenvalue weighted by Gasteiger charge is 2.07. The summed E-state index contributed by atoms with van der Waals surface area (Å²) in [6.45, 7) is 4.33. The third kappa shape index (κ3) is 4.43. The normalized spacial score (nSPS) is 12.1. The summed E-state index contributed by atoms with van der Waals surface area (Å²) in [7, 11) is 0. The van der Waals surface area contributed by atoms with E-state index in [1.807, 2.05) is 0 Å². The number of anilines is 1. The first kappa shape index (κ1) is 13.5. The molecule has 1 atom stereocenters. The molecule has 1 N–H and O–H groups in total. The summed E-state index contributed by atoms with van der Waals surface area (Å²) >= 11 is 0. The number of nitro groups is 1. The Kier molecular flexibility index (Phi) is 5.46. The molecule has 0 fully saturated rings. The van der Waals surface area contributed by atoms with Gasteiger partial charge in [0.25, 0.3) is 5.69 Å². The standard InChI is InChI=1S/C13H20N2O2/c1-3-5-6-11(4-2)14-12-7-9-13(10-8-12)15(16)17/h7-11,14H,3-6H2,1-2H3. The minimum Gasteiger partial charge on any atom is -0.382 e. The highest BCUT2D eigenvalue weighted by Crippen LogP contribution is 2.18. The molecule has 0 aliphatic rings. The van der Waals surface area contributed by atoms with Crippen LogP contribution in [0.25, 0.3) is 0 Å². The molecular weight excluding hydrogens is 216 g/mol. The predicted molar refractivity (Wildman–Crippen MR) is 70.3 cm³/mol. The zero-order valence-electron chi connectivity index (χ0n) is 10.5. The van der Waals surface area contributed by atoms with Gasteiger partial charge in [0, 0.05) is 23.9 Å². The highest BCUT2D eigenvalue weighted by atomic mass is 16.6. The van der Waals surface area contributed by atoms with Crippen LogP contribution in [0.15, 0.2) is 24.3 Å². The Labute approximate surface area is 102 Å². The Bertz CT molecular complexity index is 349. The summed E-state index contributed by atoms with van der Waals surface area (Å²) in [5.41, 5.74) is 1.09. The van der Waals surface area contributed by atoms with Crippen molar-refractivity contribution in [1.82, 2.24) is 0 Å². The van der Waals surface area contributed by atoms with Crippen LogP contribution in [0.4, 0.5) is 11.4 Å². The second kappa shape index (κ2) is 6.89. The van der Waals surface area contributed by atoms with Crippen molar-refractivity contribution in [3.63, 3.8) is 0 Å². The second-order valence-corrected chi connectivity index (χ2v) is 4.20. The molecule has 0 aliphatic heterocycles. The van der Waals surface area contributed by atoms with Crippen LogP contribution in [0, 0.1) is 10.1 Å². The van der Waals surface area contributed by atoms with E-state index in [0.29, 0.717) is 6.04 Å². The molecule has 0 bridgehead atoms. The van der Waals surface area contributed by atoms with Gasteiger partial charge in [0.15, 0.2) is 0 Å². The van der Waals surface area contributed by atoms with E-state index in [-0.39, 0.29) is 10.6 Å². The molecule has 1 aromatic rings. The number of non-ortho nitro benzene ring substituents is 1. The van der Waals surface area contributed by atoms with Crippen LogP contribution in [-0.4, -0.2) is 11.0 Å². The average molecular weight is 236 g/mol. The monoisotopic (exact) mass is 236 g/mol. The first-order chi connectivity index (χ1) is 8.17. The van der Waals surface area contributed by atoms with Gasteiger partial charge >= 0.3 is 0 Å². The lowest BCUT2D eigenvalue weighted by Crippen LogP contribution is -2.18. The van der Waals surface area contributed by atoms with Gasteiger partial charge in [-0.15, -0.1) is 0 Å². The van der Waals surface area contributed by atoms with E-state index in [1.54, 1.807) is 12.1 Å². The van der Waals surface area contributed by atoms with Crippen LogP contribution in [0.5, 0.6) is 0 Å². The van der Waals surface area contributed by atoms with Gasteiger partial charge in [-0.25, -0.2) is 0 Å². The number of hydrogen-bond acceptors (Lipinski definition) is 3. The molecule has 0 saturated carbocycles. The molecular formula is C13H20N2O2. The van der Waals surface area contributed by atoms with Gasteiger partial charge < -0.3 is 5.32 Å². The predicted octanol–water partition coefficient (Wildman–Crippen LogP) is 3.98. The third-order valence-electron chi connectivity index (χ3n) is 2.85. The molecule has 17 heavy (non-hydrogen) atoms. The number of benzene rings is 1. The molecule has 0 aliphatic carbocycles. The number of nitrogens with one attached hydrogen (secondary N) is 1. The summed E-state index contributed by atoms with van der Waals surface area (Å²) in [4.78, 5) is 10.1. The average Bonchev–Trinajstić information content (AvgIpc) is 2.35. The molecule has 0 aromatic heterocycles. The van der Waals surface area contributed by atoms with E-state index >= 15 is 0 Å². The summed E-state index contributed by atoms with van der Waals surface area (Å²) in [6, 6.07) is 7.07. The van der Waals surface area contributed by atoms with Crippen molar-refractivity contribution in [2.75, 3.05) is 5.32 Å². The summed E-state index contributed by atoms with van der Waals surface area (Å²) < 4.78 is 0. The van der Waals surface area contributed by atoms with Crippen LogP contribution in [0.3, 0.4) is 0 Å². The van der Waals surface area contributed by atoms with Crippen molar-refractivity contribution in [3.8, 4) is 0 Å². The zero-order chi connectivity index (χ0) is 12.7. The lowest BCUT2D eigenvalue weighted by atomic mass is 10.1. The van der Waals surface area contributed by atoms with E-state index in [1.165, 1.54) is 25.0 Å². The molecule has 0 radical (unpaired) electrons. The van der Waals surface area contributed by atoms with Crippen molar-refractivity contribution < 1.29 is 4.92 Å². The maximum Gasteiger partial charge on any atom is 0.269 e. The first-order valence-electron chi connectivity index (χ1n) is 6.18. The number of unbranched alkanes of at least 4 members (excludes halogenated alkanes) is 1. The van der Waals surface area contributed by atoms with Gasteiger partial charge in [0.05, 0.1) is 4.92 Å². The molecule has 0 spiro atoms. The van der Waals surface area contributed by atoms with Gasteiger partial charge in [-0.1, -0.05) is 26.7 Å². The summed E-state index contributed by atoms with van der Waals surface area (Å²) in [5, 5.41) is 13.9. The van der Waals surface area contributed by atoms with Crippen LogP contribution < -0.4 is 5.32 Å². The van der Waals surface area contributed by atoms with Gasteiger partial charge in [0.1, 0.15) is 0 Å². The lowest BCUT2D eigenvalue weighted by molar-refractivity contribution is -0.384. The molecule has 94 valence electrons. The summed E-state index contributed by atoms with van der Waals surface area (Å²) in [5.74, 6) is 0. The maximum atomic E-state index is 10.5. The van der Waals surface area contributed by atoms with E-state index in [0.717, 1.165) is 18.5 Å². The number of rotatable bonds is 7. The molecule has 1 aromatic carbocycles. The molecule has 0 saturated heterocycles. The van der Waals surface area contributed by atoms with E-state index in [4.69, 9.17) is 0 Å². The molecule has 0 heterocycles. The van der Waals surface area contributed by atoms with Crippen molar-refractivity contribution >= 4 is 11.4 Å². The van der Waals surface area contributed by atoms with Crippen LogP contribution in [0.2, 0.25) is 0 Å².